The van der Waals surface area contributed by atoms with Crippen LogP contribution in [0.4, 0.5) is 0 Å². The Bertz CT molecular complexity index is 1860. The number of hydrogen-bond acceptors (Lipinski definition) is 7. The van der Waals surface area contributed by atoms with Crippen LogP contribution >= 0.6 is 0 Å². The molecule has 2 aromatic heterocycles. The summed E-state index contributed by atoms with van der Waals surface area (Å²) in [5.41, 5.74) is 13.5. The minimum absolute atomic E-state index is 0.0517. The highest BCUT2D eigenvalue weighted by atomic mass is 16.4. The highest BCUT2D eigenvalue weighted by molar-refractivity contribution is 5.97. The van der Waals surface area contributed by atoms with E-state index in [-0.39, 0.29) is 29.4 Å². The number of nitrogens with two attached hydrogens (primary N) is 1. The van der Waals surface area contributed by atoms with Crippen LogP contribution in [0.1, 0.15) is 57.5 Å². The van der Waals surface area contributed by atoms with Gasteiger partial charge in [-0.25, -0.2) is 19.4 Å². The molecule has 0 spiro atoms. The van der Waals surface area contributed by atoms with Crippen LogP contribution in [0, 0.1) is 5.41 Å². The van der Waals surface area contributed by atoms with Crippen LogP contribution in [0.5, 0.6) is 5.88 Å². The fourth-order valence-electron chi connectivity index (χ4n) is 5.81. The van der Waals surface area contributed by atoms with Crippen molar-refractivity contribution in [1.82, 2.24) is 24.6 Å². The van der Waals surface area contributed by atoms with E-state index in [2.05, 4.69) is 5.43 Å². The number of nitrogens with one attached hydrogen (secondary N) is 2. The maximum absolute atomic E-state index is 13.1. The molecule has 0 bridgehead atoms. The Kier molecular flexibility index (Phi) is 8.03. The molecule has 0 unspecified atom stereocenters. The van der Waals surface area contributed by atoms with Crippen LogP contribution in [0.15, 0.2) is 82.0 Å². The number of aryl methyl sites for hydroxylation is 3. The Morgan fingerprint density at radius 1 is 1.02 bits per heavy atom. The van der Waals surface area contributed by atoms with Crippen LogP contribution in [0.25, 0.3) is 11.0 Å². The average Bonchev–Trinajstić information content (AvgIpc) is 3.50. The fraction of sp³-hybridized carbons (Fsp3) is 0.273. The second kappa shape index (κ2) is 12.2. The third-order valence-electron chi connectivity index (χ3n) is 8.32. The van der Waals surface area contributed by atoms with E-state index in [0.717, 1.165) is 40.8 Å². The lowest BCUT2D eigenvalue weighted by Crippen LogP contribution is -2.47. The van der Waals surface area contributed by atoms with Crippen molar-refractivity contribution in [1.29, 1.82) is 5.41 Å². The number of nitrogen functional groups attached to an aromatic ring is 1. The monoisotopic (exact) mass is 593 g/mol. The van der Waals surface area contributed by atoms with Crippen LogP contribution < -0.4 is 16.9 Å². The Labute approximate surface area is 254 Å². The first-order valence-electron chi connectivity index (χ1n) is 14.7. The van der Waals surface area contributed by atoms with E-state index in [0.29, 0.717) is 43.5 Å². The third kappa shape index (κ3) is 6.00. The van der Waals surface area contributed by atoms with Crippen LogP contribution in [0.3, 0.4) is 0 Å². The number of carbonyl (C=O) groups excluding carboxylic acids is 1. The van der Waals surface area contributed by atoms with Gasteiger partial charge in [-0.3, -0.25) is 15.6 Å². The maximum Gasteiger partial charge on any atom is 0.422 e. The van der Waals surface area contributed by atoms with Crippen LogP contribution in [-0.2, 0) is 26.3 Å². The number of rotatable bonds is 9. The molecule has 5 N–H and O–H groups in total. The molecule has 11 heteroatoms. The van der Waals surface area contributed by atoms with Gasteiger partial charge in [0.1, 0.15) is 11.7 Å². The lowest BCUT2D eigenvalue weighted by molar-refractivity contribution is 0.0700. The second-order valence-electron chi connectivity index (χ2n) is 11.2. The van der Waals surface area contributed by atoms with E-state index >= 15 is 0 Å². The van der Waals surface area contributed by atoms with E-state index in [9.17, 15) is 14.7 Å². The van der Waals surface area contributed by atoms with Crippen LogP contribution in [-0.4, -0.2) is 49.1 Å². The number of oxazole rings is 1. The molecule has 1 aliphatic rings. The zero-order valence-corrected chi connectivity index (χ0v) is 24.5. The van der Waals surface area contributed by atoms with Gasteiger partial charge in [0.05, 0.1) is 11.0 Å². The molecular weight excluding hydrogens is 558 g/mol. The first-order chi connectivity index (χ1) is 21.3. The predicted octanol–water partition coefficient (Wildman–Crippen LogP) is 3.68. The lowest BCUT2D eigenvalue weighted by Gasteiger charge is -2.32. The van der Waals surface area contributed by atoms with E-state index < -0.39 is 5.76 Å². The second-order valence-corrected chi connectivity index (χ2v) is 11.2. The van der Waals surface area contributed by atoms with Gasteiger partial charge in [-0.05, 0) is 48.6 Å². The minimum Gasteiger partial charge on any atom is -0.492 e. The quantitative estimate of drug-likeness (QED) is 0.150. The summed E-state index contributed by atoms with van der Waals surface area (Å²) in [5, 5.41) is 20.2. The topological polar surface area (TPSA) is 155 Å². The van der Waals surface area contributed by atoms with Crippen molar-refractivity contribution in [3.05, 3.63) is 117 Å². The van der Waals surface area contributed by atoms with Crippen molar-refractivity contribution in [2.45, 2.75) is 38.1 Å². The highest BCUT2D eigenvalue weighted by Crippen LogP contribution is 2.28. The van der Waals surface area contributed by atoms with E-state index in [1.54, 1.807) is 12.1 Å². The third-order valence-corrected chi connectivity index (χ3v) is 8.32. The zero-order chi connectivity index (χ0) is 30.8. The van der Waals surface area contributed by atoms with Gasteiger partial charge in [0, 0.05) is 50.1 Å². The first kappa shape index (κ1) is 28.9. The number of hydrazine groups is 1. The van der Waals surface area contributed by atoms with Crippen molar-refractivity contribution < 1.29 is 14.3 Å². The van der Waals surface area contributed by atoms with Gasteiger partial charge in [-0.1, -0.05) is 54.6 Å². The number of fused-ring (bicyclic) bond motifs is 1. The van der Waals surface area contributed by atoms with Gasteiger partial charge in [-0.15, -0.1) is 0 Å². The molecule has 3 heterocycles. The summed E-state index contributed by atoms with van der Waals surface area (Å²) in [4.78, 5) is 30.6. The molecule has 226 valence electrons. The predicted molar refractivity (Wildman–Crippen MR) is 167 cm³/mol. The Hall–Kier alpha value is -5.16. The first-order valence-corrected chi connectivity index (χ1v) is 14.7. The smallest absolute Gasteiger partial charge is 0.422 e. The number of hydrogen-bond donors (Lipinski definition) is 4. The molecule has 6 rings (SSSR count). The van der Waals surface area contributed by atoms with Gasteiger partial charge < -0.3 is 19.8 Å². The highest BCUT2D eigenvalue weighted by Gasteiger charge is 2.28. The van der Waals surface area contributed by atoms with Gasteiger partial charge in [-0.2, -0.15) is 0 Å². The number of benzene rings is 3. The summed E-state index contributed by atoms with van der Waals surface area (Å²) in [7, 11) is 1.97. The van der Waals surface area contributed by atoms with Crippen molar-refractivity contribution in [3.63, 3.8) is 0 Å². The number of nitrogens with zero attached hydrogens (tertiary/aromatic N) is 4. The fourth-order valence-corrected chi connectivity index (χ4v) is 5.81. The number of carbonyl (C=O) groups is 1. The average molecular weight is 594 g/mol. The SMILES string of the molecule is Cn1c(CCc2ccc(C(=N)N)cc2)nc2cc(C(=O)NN3CCC(n4c(O)c(Cc5ccccc5)oc4=O)CC3)ccc21. The van der Waals surface area contributed by atoms with E-state index in [4.69, 9.17) is 20.5 Å². The number of amidine groups is 1. The lowest BCUT2D eigenvalue weighted by atomic mass is 10.1. The number of piperidine rings is 1. The molecule has 1 aliphatic heterocycles. The molecule has 1 fully saturated rings. The Morgan fingerprint density at radius 2 is 1.73 bits per heavy atom. The molecule has 0 aliphatic carbocycles. The maximum atomic E-state index is 13.1. The van der Waals surface area contributed by atoms with E-state index in [1.165, 1.54) is 4.57 Å². The summed E-state index contributed by atoms with van der Waals surface area (Å²) < 4.78 is 8.79. The van der Waals surface area contributed by atoms with Gasteiger partial charge in [0.2, 0.25) is 5.88 Å². The normalized spacial score (nSPS) is 14.2. The number of imidazole rings is 1. The molecule has 5 aromatic rings. The summed E-state index contributed by atoms with van der Waals surface area (Å²) in [5.74, 6) is 0.306. The Morgan fingerprint density at radius 3 is 2.43 bits per heavy atom. The number of aromatic hydroxyl groups is 1. The molecule has 44 heavy (non-hydrogen) atoms. The van der Waals surface area contributed by atoms with Crippen molar-refractivity contribution in [3.8, 4) is 5.88 Å². The minimum atomic E-state index is -0.565. The largest absolute Gasteiger partial charge is 0.492 e. The standard InChI is InChI=1S/C33H35N7O4/c1-38-27-13-12-24(20-26(27)36-29(38)14-9-21-7-10-23(11-8-21)30(34)35)31(41)37-39-17-15-25(16-18-39)40-32(42)28(44-33(40)43)19-22-5-3-2-4-6-22/h2-8,10-13,20,25,42H,9,14-19H2,1H3,(H3,34,35)(H,37,41). The molecule has 1 saturated heterocycles. The van der Waals surface area contributed by atoms with Crippen molar-refractivity contribution in [2.75, 3.05) is 13.1 Å². The summed E-state index contributed by atoms with van der Waals surface area (Å²) >= 11 is 0. The molecule has 0 radical (unpaired) electrons. The van der Waals surface area contributed by atoms with Crippen LogP contribution in [0.2, 0.25) is 0 Å². The molecule has 3 aromatic carbocycles. The molecule has 1 amide bonds. The van der Waals surface area contributed by atoms with Crippen molar-refractivity contribution in [2.24, 2.45) is 12.8 Å². The molecular formula is C33H35N7O4. The molecule has 0 atom stereocenters. The molecule has 11 nitrogen and oxygen atoms in total. The Balaban J connectivity index is 1.06. The molecule has 0 saturated carbocycles. The summed E-state index contributed by atoms with van der Waals surface area (Å²) in [6.45, 7) is 1.04. The number of aromatic nitrogens is 3. The van der Waals surface area contributed by atoms with Gasteiger partial charge in [0.25, 0.3) is 5.91 Å². The van der Waals surface area contributed by atoms with Gasteiger partial charge >= 0.3 is 5.76 Å². The number of amides is 1. The van der Waals surface area contributed by atoms with Crippen molar-refractivity contribution >= 4 is 22.8 Å². The zero-order valence-electron chi connectivity index (χ0n) is 24.5. The summed E-state index contributed by atoms with van der Waals surface area (Å²) in [6.07, 6.45) is 2.98. The van der Waals surface area contributed by atoms with Gasteiger partial charge in [0.15, 0.2) is 5.76 Å². The summed E-state index contributed by atoms with van der Waals surface area (Å²) in [6, 6.07) is 22.5. The van der Waals surface area contributed by atoms with E-state index in [1.807, 2.05) is 77.3 Å².